The molecular weight excluding hydrogens is 260 g/mol. The van der Waals surface area contributed by atoms with Crippen LogP contribution in [0, 0.1) is 20.8 Å². The predicted octanol–water partition coefficient (Wildman–Crippen LogP) is 2.80. The Bertz CT molecular complexity index is 654. The molecule has 3 rings (SSSR count). The normalized spacial score (nSPS) is 14.9. The van der Waals surface area contributed by atoms with E-state index in [2.05, 4.69) is 49.6 Å². The van der Waals surface area contributed by atoms with E-state index in [4.69, 9.17) is 9.97 Å². The highest BCUT2D eigenvalue weighted by atomic mass is 15.0. The minimum atomic E-state index is 0.503. The summed E-state index contributed by atoms with van der Waals surface area (Å²) < 4.78 is 0. The molecule has 2 aromatic rings. The topological polar surface area (TPSA) is 49.8 Å². The molecule has 1 fully saturated rings. The first-order chi connectivity index (χ1) is 10.1. The summed E-state index contributed by atoms with van der Waals surface area (Å²) in [6, 6.07) is 6.32. The molecule has 0 atom stereocenters. The molecule has 4 nitrogen and oxygen atoms in total. The van der Waals surface area contributed by atoms with Crippen molar-refractivity contribution in [3.05, 3.63) is 40.6 Å². The maximum Gasteiger partial charge on any atom is 0.162 e. The van der Waals surface area contributed by atoms with E-state index in [9.17, 15) is 0 Å². The molecule has 110 valence electrons. The van der Waals surface area contributed by atoms with Crippen LogP contribution >= 0.6 is 0 Å². The monoisotopic (exact) mass is 282 g/mol. The summed E-state index contributed by atoms with van der Waals surface area (Å²) >= 11 is 0. The van der Waals surface area contributed by atoms with Crippen LogP contribution in [0.5, 0.6) is 0 Å². The number of rotatable bonds is 3. The van der Waals surface area contributed by atoms with Crippen molar-refractivity contribution in [3.63, 3.8) is 0 Å². The van der Waals surface area contributed by atoms with Crippen molar-refractivity contribution < 1.29 is 0 Å². The first-order valence-corrected chi connectivity index (χ1v) is 7.45. The molecule has 4 heteroatoms. The maximum atomic E-state index is 4.90. The second kappa shape index (κ2) is 5.45. The van der Waals surface area contributed by atoms with Gasteiger partial charge in [-0.2, -0.15) is 0 Å². The van der Waals surface area contributed by atoms with E-state index in [1.165, 1.54) is 22.4 Å². The number of aryl methyl sites for hydroxylation is 2. The Kier molecular flexibility index (Phi) is 3.64. The van der Waals surface area contributed by atoms with Gasteiger partial charge in [-0.25, -0.2) is 9.97 Å². The van der Waals surface area contributed by atoms with Gasteiger partial charge in [0.25, 0.3) is 0 Å². The number of hydrogen-bond acceptors (Lipinski definition) is 4. The van der Waals surface area contributed by atoms with E-state index in [1.54, 1.807) is 0 Å². The average Bonchev–Trinajstić information content (AvgIpc) is 2.39. The summed E-state index contributed by atoms with van der Waals surface area (Å²) in [6.07, 6.45) is 0. The van der Waals surface area contributed by atoms with Gasteiger partial charge in [-0.15, -0.1) is 0 Å². The number of aromatic nitrogens is 2. The quantitative estimate of drug-likeness (QED) is 0.909. The minimum absolute atomic E-state index is 0.503. The molecule has 1 aromatic heterocycles. The van der Waals surface area contributed by atoms with Crippen LogP contribution in [0.15, 0.2) is 18.2 Å². The van der Waals surface area contributed by atoms with Crippen LogP contribution in [0.3, 0.4) is 0 Å². The minimum Gasteiger partial charge on any atom is -0.373 e. The van der Waals surface area contributed by atoms with E-state index in [-0.39, 0.29) is 0 Å². The Morgan fingerprint density at radius 2 is 1.76 bits per heavy atom. The van der Waals surface area contributed by atoms with E-state index in [0.717, 1.165) is 30.3 Å². The Morgan fingerprint density at radius 1 is 1.10 bits per heavy atom. The van der Waals surface area contributed by atoms with Gasteiger partial charge in [0.05, 0.1) is 5.69 Å². The fourth-order valence-corrected chi connectivity index (χ4v) is 2.94. The van der Waals surface area contributed by atoms with Crippen LogP contribution in [-0.4, -0.2) is 30.1 Å². The van der Waals surface area contributed by atoms with Crippen LogP contribution < -0.4 is 10.6 Å². The van der Waals surface area contributed by atoms with Crippen molar-refractivity contribution in [1.82, 2.24) is 15.3 Å². The zero-order valence-corrected chi connectivity index (χ0v) is 13.1. The standard InChI is InChI=1S/C17H22N4/c1-10-6-5-7-11(2)14(10)17-20-15(13-8-19-9-13)12(3)16(18-4)21-17/h5-7,13,19H,8-9H2,1-4H3,(H,18,20,21). The lowest BCUT2D eigenvalue weighted by atomic mass is 9.94. The number of nitrogens with one attached hydrogen (secondary N) is 2. The molecule has 0 aliphatic carbocycles. The van der Waals surface area contributed by atoms with Crippen molar-refractivity contribution in [2.24, 2.45) is 0 Å². The summed E-state index contributed by atoms with van der Waals surface area (Å²) in [5, 5.41) is 6.54. The van der Waals surface area contributed by atoms with Gasteiger partial charge >= 0.3 is 0 Å². The first kappa shape index (κ1) is 14.0. The largest absolute Gasteiger partial charge is 0.373 e. The first-order valence-electron chi connectivity index (χ1n) is 7.45. The zero-order chi connectivity index (χ0) is 15.0. The number of hydrogen-bond donors (Lipinski definition) is 2. The average molecular weight is 282 g/mol. The summed E-state index contributed by atoms with van der Waals surface area (Å²) in [4.78, 5) is 9.65. The summed E-state index contributed by atoms with van der Waals surface area (Å²) in [7, 11) is 1.92. The zero-order valence-electron chi connectivity index (χ0n) is 13.1. The molecule has 21 heavy (non-hydrogen) atoms. The van der Waals surface area contributed by atoms with Gasteiger partial charge in [-0.1, -0.05) is 18.2 Å². The van der Waals surface area contributed by atoms with Crippen molar-refractivity contribution in [1.29, 1.82) is 0 Å². The van der Waals surface area contributed by atoms with Gasteiger partial charge in [-0.05, 0) is 31.9 Å². The van der Waals surface area contributed by atoms with Gasteiger partial charge in [0.15, 0.2) is 5.82 Å². The van der Waals surface area contributed by atoms with Gasteiger partial charge in [-0.3, -0.25) is 0 Å². The number of benzene rings is 1. The molecule has 1 aliphatic rings. The third-order valence-electron chi connectivity index (χ3n) is 4.29. The number of anilines is 1. The number of nitrogens with zero attached hydrogens (tertiary/aromatic N) is 2. The van der Waals surface area contributed by atoms with Gasteiger partial charge < -0.3 is 10.6 Å². The molecule has 1 aliphatic heterocycles. The Labute approximate surface area is 126 Å². The smallest absolute Gasteiger partial charge is 0.162 e. The fraction of sp³-hybridized carbons (Fsp3) is 0.412. The fourth-order valence-electron chi connectivity index (χ4n) is 2.94. The summed E-state index contributed by atoms with van der Waals surface area (Å²) in [5.74, 6) is 2.27. The molecule has 1 saturated heterocycles. The van der Waals surface area contributed by atoms with Crippen LogP contribution in [0.1, 0.15) is 28.3 Å². The van der Waals surface area contributed by atoms with Crippen LogP contribution in [0.4, 0.5) is 5.82 Å². The van der Waals surface area contributed by atoms with Crippen molar-refractivity contribution in [3.8, 4) is 11.4 Å². The third kappa shape index (κ3) is 2.40. The van der Waals surface area contributed by atoms with E-state index < -0.39 is 0 Å². The van der Waals surface area contributed by atoms with Crippen molar-refractivity contribution in [2.45, 2.75) is 26.7 Å². The Hall–Kier alpha value is -1.94. The predicted molar refractivity (Wildman–Crippen MR) is 86.8 cm³/mol. The lowest BCUT2D eigenvalue weighted by Crippen LogP contribution is -2.41. The van der Waals surface area contributed by atoms with Gasteiger partial charge in [0.1, 0.15) is 5.82 Å². The Balaban J connectivity index is 2.18. The molecule has 0 bridgehead atoms. The second-order valence-electron chi connectivity index (χ2n) is 5.78. The molecule has 0 amide bonds. The van der Waals surface area contributed by atoms with Gasteiger partial charge in [0, 0.05) is 37.2 Å². The van der Waals surface area contributed by atoms with Crippen LogP contribution in [0.25, 0.3) is 11.4 Å². The SMILES string of the molecule is CNc1nc(-c2c(C)cccc2C)nc(C2CNC2)c1C. The highest BCUT2D eigenvalue weighted by Crippen LogP contribution is 2.31. The summed E-state index contributed by atoms with van der Waals surface area (Å²) in [5.41, 5.74) is 5.93. The van der Waals surface area contributed by atoms with Crippen molar-refractivity contribution in [2.75, 3.05) is 25.5 Å². The molecule has 0 saturated carbocycles. The second-order valence-corrected chi connectivity index (χ2v) is 5.78. The van der Waals surface area contributed by atoms with E-state index in [1.807, 2.05) is 7.05 Å². The summed E-state index contributed by atoms with van der Waals surface area (Å²) in [6.45, 7) is 8.36. The molecular formula is C17H22N4. The molecule has 0 radical (unpaired) electrons. The highest BCUT2D eigenvalue weighted by molar-refractivity contribution is 5.67. The molecule has 2 N–H and O–H groups in total. The molecule has 0 unspecified atom stereocenters. The highest BCUT2D eigenvalue weighted by Gasteiger charge is 2.25. The van der Waals surface area contributed by atoms with Crippen LogP contribution in [0.2, 0.25) is 0 Å². The van der Waals surface area contributed by atoms with Crippen LogP contribution in [-0.2, 0) is 0 Å². The lowest BCUT2D eigenvalue weighted by molar-refractivity contribution is 0.438. The molecule has 1 aromatic carbocycles. The third-order valence-corrected chi connectivity index (χ3v) is 4.29. The Morgan fingerprint density at radius 3 is 2.29 bits per heavy atom. The van der Waals surface area contributed by atoms with Gasteiger partial charge in [0.2, 0.25) is 0 Å². The lowest BCUT2D eigenvalue weighted by Gasteiger charge is -2.28. The van der Waals surface area contributed by atoms with E-state index in [0.29, 0.717) is 5.92 Å². The van der Waals surface area contributed by atoms with Crippen molar-refractivity contribution >= 4 is 5.82 Å². The molecule has 2 heterocycles. The molecule has 0 spiro atoms. The van der Waals surface area contributed by atoms with E-state index >= 15 is 0 Å². The maximum absolute atomic E-state index is 4.90.